The number of H-pyrrole nitrogens is 1. The number of aromatic nitrogens is 1. The summed E-state index contributed by atoms with van der Waals surface area (Å²) in [5.74, 6) is 0.508. The first-order valence-electron chi connectivity index (χ1n) is 11.3. The Kier molecular flexibility index (Phi) is 4.32. The van der Waals surface area contributed by atoms with E-state index in [4.69, 9.17) is 0 Å². The van der Waals surface area contributed by atoms with Gasteiger partial charge in [-0.05, 0) is 66.9 Å². The SMILES string of the molecule is CC(=O)N[C@H](Cc1c[nH]c2ccccc12)C(=O)NC12CC3C[C@@](C)(C1)C[C@](C)(C3)C2. The number of rotatable bonds is 5. The zero-order valence-corrected chi connectivity index (χ0v) is 18.3. The molecule has 5 atom stereocenters. The van der Waals surface area contributed by atoms with E-state index in [-0.39, 0.29) is 17.4 Å². The van der Waals surface area contributed by atoms with E-state index in [1.54, 1.807) is 0 Å². The van der Waals surface area contributed by atoms with Crippen molar-refractivity contribution in [3.63, 3.8) is 0 Å². The molecular weight excluding hydrogens is 374 g/mol. The fourth-order valence-electron chi connectivity index (χ4n) is 7.91. The van der Waals surface area contributed by atoms with Gasteiger partial charge in [0.25, 0.3) is 0 Å². The minimum absolute atomic E-state index is 0.0374. The average Bonchev–Trinajstić information content (AvgIpc) is 3.00. The zero-order chi connectivity index (χ0) is 21.1. The number of aromatic amines is 1. The summed E-state index contributed by atoms with van der Waals surface area (Å²) in [5.41, 5.74) is 2.67. The van der Waals surface area contributed by atoms with Crippen LogP contribution in [0.1, 0.15) is 64.9 Å². The number of benzene rings is 1. The van der Waals surface area contributed by atoms with E-state index in [0.717, 1.165) is 35.7 Å². The lowest BCUT2D eigenvalue weighted by atomic mass is 9.43. The predicted octanol–water partition coefficient (Wildman–Crippen LogP) is 4.08. The standard InChI is InChI=1S/C25H33N3O2/c1-16(29)27-21(8-18-12-26-20-7-5-4-6-19(18)20)22(30)28-25-11-17-9-23(2,14-25)13-24(3,10-17)15-25/h4-7,12,17,21,26H,8-11,13-15H2,1-3H3,(H,27,29)(H,28,30)/t17?,21-,23-,24+,25?/m1/s1. The average molecular weight is 408 g/mol. The molecule has 0 aliphatic heterocycles. The molecule has 4 saturated carbocycles. The molecule has 0 spiro atoms. The molecule has 5 heteroatoms. The Bertz CT molecular complexity index is 991. The third kappa shape index (κ3) is 3.42. The number of fused-ring (bicyclic) bond motifs is 1. The number of hydrogen-bond acceptors (Lipinski definition) is 2. The van der Waals surface area contributed by atoms with Gasteiger partial charge in [-0.25, -0.2) is 0 Å². The lowest BCUT2D eigenvalue weighted by Gasteiger charge is -2.65. The first-order chi connectivity index (χ1) is 14.2. The van der Waals surface area contributed by atoms with E-state index in [9.17, 15) is 9.59 Å². The third-order valence-corrected chi connectivity index (χ3v) is 7.81. The summed E-state index contributed by atoms with van der Waals surface area (Å²) >= 11 is 0. The van der Waals surface area contributed by atoms with Gasteiger partial charge in [-0.15, -0.1) is 0 Å². The van der Waals surface area contributed by atoms with E-state index in [0.29, 0.717) is 23.2 Å². The van der Waals surface area contributed by atoms with Crippen molar-refractivity contribution in [2.45, 2.75) is 77.3 Å². The van der Waals surface area contributed by atoms with Crippen molar-refractivity contribution in [2.75, 3.05) is 0 Å². The van der Waals surface area contributed by atoms with Gasteiger partial charge in [0.15, 0.2) is 0 Å². The van der Waals surface area contributed by atoms with Gasteiger partial charge in [-0.2, -0.15) is 0 Å². The van der Waals surface area contributed by atoms with Crippen LogP contribution in [0.4, 0.5) is 0 Å². The van der Waals surface area contributed by atoms with Gasteiger partial charge < -0.3 is 15.6 Å². The molecule has 4 bridgehead atoms. The van der Waals surface area contributed by atoms with Crippen LogP contribution in [0.25, 0.3) is 10.9 Å². The van der Waals surface area contributed by atoms with Crippen LogP contribution in [0.15, 0.2) is 30.5 Å². The van der Waals surface area contributed by atoms with E-state index in [2.05, 4.69) is 35.5 Å². The molecule has 2 aromatic rings. The smallest absolute Gasteiger partial charge is 0.243 e. The molecule has 0 saturated heterocycles. The summed E-state index contributed by atoms with van der Waals surface area (Å²) in [6.45, 7) is 6.31. The Morgan fingerprint density at radius 1 is 1.10 bits per heavy atom. The van der Waals surface area contributed by atoms with Crippen molar-refractivity contribution < 1.29 is 9.59 Å². The topological polar surface area (TPSA) is 74.0 Å². The Labute approximate surface area is 178 Å². The Morgan fingerprint density at radius 2 is 1.80 bits per heavy atom. The number of carbonyl (C=O) groups excluding carboxylic acids is 2. The van der Waals surface area contributed by atoms with Gasteiger partial charge in [0.1, 0.15) is 6.04 Å². The molecule has 1 aromatic heterocycles. The van der Waals surface area contributed by atoms with Gasteiger partial charge in [-0.1, -0.05) is 32.0 Å². The van der Waals surface area contributed by atoms with Crippen molar-refractivity contribution in [1.29, 1.82) is 0 Å². The maximum Gasteiger partial charge on any atom is 0.243 e. The molecule has 5 nitrogen and oxygen atoms in total. The van der Waals surface area contributed by atoms with Crippen LogP contribution >= 0.6 is 0 Å². The molecule has 2 unspecified atom stereocenters. The van der Waals surface area contributed by atoms with Crippen LogP contribution in [-0.2, 0) is 16.0 Å². The second-order valence-electron chi connectivity index (χ2n) is 11.2. The largest absolute Gasteiger partial charge is 0.361 e. The molecule has 1 aromatic carbocycles. The van der Waals surface area contributed by atoms with E-state index in [1.165, 1.54) is 26.2 Å². The second kappa shape index (κ2) is 6.60. The highest BCUT2D eigenvalue weighted by Crippen LogP contribution is 2.66. The molecule has 3 N–H and O–H groups in total. The number of amides is 2. The highest BCUT2D eigenvalue weighted by atomic mass is 16.2. The fraction of sp³-hybridized carbons (Fsp3) is 0.600. The summed E-state index contributed by atoms with van der Waals surface area (Å²) in [5, 5.41) is 7.50. The summed E-state index contributed by atoms with van der Waals surface area (Å²) in [4.78, 5) is 28.7. The molecular formula is C25H33N3O2. The van der Waals surface area contributed by atoms with Crippen LogP contribution in [0.3, 0.4) is 0 Å². The molecule has 6 rings (SSSR count). The van der Waals surface area contributed by atoms with Gasteiger partial charge in [0.2, 0.25) is 11.8 Å². The minimum atomic E-state index is -0.560. The molecule has 0 radical (unpaired) electrons. The van der Waals surface area contributed by atoms with Gasteiger partial charge >= 0.3 is 0 Å². The summed E-state index contributed by atoms with van der Waals surface area (Å²) in [6.07, 6.45) is 9.54. The van der Waals surface area contributed by atoms with Crippen molar-refractivity contribution in [3.05, 3.63) is 36.0 Å². The zero-order valence-electron chi connectivity index (χ0n) is 18.3. The second-order valence-corrected chi connectivity index (χ2v) is 11.2. The number of carbonyl (C=O) groups is 2. The molecule has 30 heavy (non-hydrogen) atoms. The third-order valence-electron chi connectivity index (χ3n) is 7.81. The van der Waals surface area contributed by atoms with Crippen LogP contribution in [0.5, 0.6) is 0 Å². The van der Waals surface area contributed by atoms with Gasteiger partial charge in [0.05, 0.1) is 0 Å². The van der Waals surface area contributed by atoms with E-state index < -0.39 is 6.04 Å². The quantitative estimate of drug-likeness (QED) is 0.699. The molecule has 4 aliphatic carbocycles. The fourth-order valence-corrected chi connectivity index (χ4v) is 7.91. The Balaban J connectivity index is 1.39. The lowest BCUT2D eigenvalue weighted by Crippen LogP contribution is -2.67. The van der Waals surface area contributed by atoms with Crippen molar-refractivity contribution in [3.8, 4) is 0 Å². The predicted molar refractivity (Wildman–Crippen MR) is 118 cm³/mol. The molecule has 160 valence electrons. The summed E-state index contributed by atoms with van der Waals surface area (Å²) in [7, 11) is 0. The highest BCUT2D eigenvalue weighted by molar-refractivity contribution is 5.89. The molecule has 2 amide bonds. The van der Waals surface area contributed by atoms with Gasteiger partial charge in [-0.3, -0.25) is 9.59 Å². The maximum atomic E-state index is 13.5. The Hall–Kier alpha value is -2.30. The molecule has 4 fully saturated rings. The van der Waals surface area contributed by atoms with Crippen LogP contribution < -0.4 is 10.6 Å². The van der Waals surface area contributed by atoms with Crippen LogP contribution in [-0.4, -0.2) is 28.4 Å². The van der Waals surface area contributed by atoms with Crippen molar-refractivity contribution in [2.24, 2.45) is 16.7 Å². The molecule has 4 aliphatic rings. The van der Waals surface area contributed by atoms with Crippen LogP contribution in [0.2, 0.25) is 0 Å². The number of hydrogen-bond donors (Lipinski definition) is 3. The van der Waals surface area contributed by atoms with Crippen LogP contribution in [0, 0.1) is 16.7 Å². The Morgan fingerprint density at radius 3 is 2.47 bits per heavy atom. The highest BCUT2D eigenvalue weighted by Gasteiger charge is 2.60. The first kappa shape index (κ1) is 19.7. The number of nitrogens with one attached hydrogen (secondary N) is 3. The summed E-state index contributed by atoms with van der Waals surface area (Å²) < 4.78 is 0. The molecule has 1 heterocycles. The number of para-hydroxylation sites is 1. The van der Waals surface area contributed by atoms with Crippen molar-refractivity contribution >= 4 is 22.7 Å². The minimum Gasteiger partial charge on any atom is -0.361 e. The van der Waals surface area contributed by atoms with Crippen molar-refractivity contribution in [1.82, 2.24) is 15.6 Å². The van der Waals surface area contributed by atoms with E-state index >= 15 is 0 Å². The van der Waals surface area contributed by atoms with E-state index in [1.807, 2.05) is 24.4 Å². The monoisotopic (exact) mass is 407 g/mol. The lowest BCUT2D eigenvalue weighted by molar-refractivity contribution is -0.142. The normalized spacial score (nSPS) is 35.4. The maximum absolute atomic E-state index is 13.5. The van der Waals surface area contributed by atoms with Gasteiger partial charge in [0, 0.05) is 36.0 Å². The first-order valence-corrected chi connectivity index (χ1v) is 11.3. The summed E-state index contributed by atoms with van der Waals surface area (Å²) in [6, 6.07) is 7.53.